The van der Waals surface area contributed by atoms with Crippen molar-refractivity contribution in [2.24, 2.45) is 23.7 Å². The first-order chi connectivity index (χ1) is 43.1. The van der Waals surface area contributed by atoms with Gasteiger partial charge in [-0.15, -0.1) is 0 Å². The van der Waals surface area contributed by atoms with Gasteiger partial charge in [-0.25, -0.2) is 8.42 Å². The zero-order valence-corrected chi connectivity index (χ0v) is 61.5. The molecule has 0 radical (unpaired) electrons. The lowest BCUT2D eigenvalue weighted by Gasteiger charge is -2.25. The third kappa shape index (κ3) is 36.5. The van der Waals surface area contributed by atoms with E-state index in [4.69, 9.17) is 0 Å². The molecule has 4 atom stereocenters. The normalized spacial score (nSPS) is 14.2. The lowest BCUT2D eigenvalue weighted by Crippen LogP contribution is -2.18. The third-order valence-corrected chi connectivity index (χ3v) is 16.1. The molecule has 3 fully saturated rings. The van der Waals surface area contributed by atoms with Gasteiger partial charge in [-0.05, 0) is 133 Å². The van der Waals surface area contributed by atoms with Crippen molar-refractivity contribution in [3.05, 3.63) is 265 Å². The van der Waals surface area contributed by atoms with Crippen molar-refractivity contribution >= 4 is 21.6 Å². The SMILES string of the molecule is C1CC2C3CCC(C3)C2C1.CC.CC.CC.CC.CC.CC.CC.CC.CC(C)(c1ccccc1)c1ccccc1.CCC.CCC.O=S(=O)(c1ccccc1)c1ccccc1.c1ccc(Cc2ccccc2)cc1.c1ccc(Sc2ccccc2)cc1. The van der Waals surface area contributed by atoms with Crippen LogP contribution in [-0.2, 0) is 21.7 Å². The first kappa shape index (κ1) is 88.5. The van der Waals surface area contributed by atoms with Crippen molar-refractivity contribution < 1.29 is 8.42 Å². The highest BCUT2D eigenvalue weighted by Crippen LogP contribution is 2.58. The van der Waals surface area contributed by atoms with Gasteiger partial charge in [0.25, 0.3) is 0 Å². The molecule has 2 nitrogen and oxygen atoms in total. The Labute approximate surface area is 550 Å². The van der Waals surface area contributed by atoms with E-state index in [0.717, 1.165) is 6.42 Å². The summed E-state index contributed by atoms with van der Waals surface area (Å²) in [4.78, 5) is 3.23. The van der Waals surface area contributed by atoms with E-state index in [-0.39, 0.29) is 5.41 Å². The van der Waals surface area contributed by atoms with Crippen molar-refractivity contribution in [1.29, 1.82) is 0 Å². The Hall–Kier alpha value is -5.94. The monoisotopic (exact) mass is 1230 g/mol. The molecule has 0 amide bonds. The topological polar surface area (TPSA) is 34.1 Å². The Morgan fingerprint density at radius 3 is 0.830 bits per heavy atom. The minimum Gasteiger partial charge on any atom is -0.219 e. The molecule has 11 rings (SSSR count). The van der Waals surface area contributed by atoms with E-state index in [1.54, 1.807) is 111 Å². The fourth-order valence-electron chi connectivity index (χ4n) is 9.77. The average Bonchev–Trinajstić information content (AvgIpc) is 2.41. The average molecular weight is 1230 g/mol. The summed E-state index contributed by atoms with van der Waals surface area (Å²) in [5, 5.41) is 0. The van der Waals surface area contributed by atoms with Crippen LogP contribution in [0.1, 0.15) is 226 Å². The number of hydrogen-bond donors (Lipinski definition) is 0. The van der Waals surface area contributed by atoms with Crippen LogP contribution >= 0.6 is 11.8 Å². The quantitative estimate of drug-likeness (QED) is 0.152. The maximum atomic E-state index is 12.0. The Bertz CT molecular complexity index is 2440. The van der Waals surface area contributed by atoms with Crippen LogP contribution in [-0.4, -0.2) is 8.42 Å². The minimum atomic E-state index is -3.34. The summed E-state index contributed by atoms with van der Waals surface area (Å²) in [7, 11) is -3.34. The standard InChI is InChI=1S/C15H16.C13H12.C12H10O2S.C12H10S.C10H16.2C3H8.8C2H6/c1-15(2,13-9-5-3-6-10-13)14-11-7-4-8-12-14;1-3-7-12(8-4-1)11-13-9-5-2-6-10-13;13-15(14,11-7-3-1-4-8-11)12-9-5-2-6-10-12;1-3-7-11(8-4-1)13-12-9-5-2-6-10-12;1-2-9-7-4-5-8(6-7)10(9)3-1;2*1-3-2;8*1-2/h3-12H,1-2H3;1-10H,11H2;1-10H;1-10H;7-10H,1-6H2;2*3H2,1-2H3;8*1-2H3. The second-order valence-corrected chi connectivity index (χ2v) is 22.5. The number of fused-ring (bicyclic) bond motifs is 5. The zero-order valence-electron chi connectivity index (χ0n) is 59.9. The molecule has 2 bridgehead atoms. The summed E-state index contributed by atoms with van der Waals surface area (Å²) in [5.74, 6) is 4.80. The van der Waals surface area contributed by atoms with Crippen LogP contribution in [0.5, 0.6) is 0 Å². The van der Waals surface area contributed by atoms with Crippen LogP contribution in [0, 0.1) is 23.7 Å². The fourth-order valence-corrected chi connectivity index (χ4v) is 11.9. The Kier molecular flexibility index (Phi) is 61.6. The van der Waals surface area contributed by atoms with Crippen LogP contribution in [0.2, 0.25) is 0 Å². The highest BCUT2D eigenvalue weighted by Gasteiger charge is 2.48. The van der Waals surface area contributed by atoms with Gasteiger partial charge < -0.3 is 0 Å². The number of benzene rings is 8. The van der Waals surface area contributed by atoms with Gasteiger partial charge in [0.1, 0.15) is 0 Å². The Morgan fingerprint density at radius 2 is 0.568 bits per heavy atom. The summed E-state index contributed by atoms with van der Waals surface area (Å²) in [5.41, 5.74) is 5.54. The van der Waals surface area contributed by atoms with Crippen molar-refractivity contribution in [2.45, 2.75) is 235 Å². The van der Waals surface area contributed by atoms with Crippen LogP contribution in [0.4, 0.5) is 0 Å². The molecule has 0 heterocycles. The van der Waals surface area contributed by atoms with E-state index in [1.807, 2.05) is 123 Å². The van der Waals surface area contributed by atoms with E-state index < -0.39 is 9.84 Å². The van der Waals surface area contributed by atoms with E-state index in [2.05, 4.69) is 211 Å². The predicted octanol–water partition coefficient (Wildman–Crippen LogP) is 27.5. The maximum absolute atomic E-state index is 12.0. The van der Waals surface area contributed by atoms with Gasteiger partial charge in [-0.3, -0.25) is 0 Å². The summed E-state index contributed by atoms with van der Waals surface area (Å²) < 4.78 is 24.1. The summed E-state index contributed by atoms with van der Waals surface area (Å²) in [6.45, 7) is 45.0. The predicted molar refractivity (Wildman–Crippen MR) is 400 cm³/mol. The van der Waals surface area contributed by atoms with Gasteiger partial charge in [0.2, 0.25) is 9.84 Å². The lowest BCUT2D eigenvalue weighted by atomic mass is 9.78. The minimum absolute atomic E-state index is 0.0858. The summed E-state index contributed by atoms with van der Waals surface area (Å²) in [6, 6.07) is 80.0. The van der Waals surface area contributed by atoms with Gasteiger partial charge in [-0.1, -0.05) is 377 Å². The van der Waals surface area contributed by atoms with Gasteiger partial charge in [0, 0.05) is 15.2 Å². The number of rotatable bonds is 8. The lowest BCUT2D eigenvalue weighted by molar-refractivity contribution is 0.259. The molecule has 8 aromatic rings. The highest BCUT2D eigenvalue weighted by atomic mass is 32.2. The van der Waals surface area contributed by atoms with Crippen molar-refractivity contribution in [3.8, 4) is 0 Å². The molecule has 488 valence electrons. The molecule has 0 aromatic heterocycles. The van der Waals surface area contributed by atoms with E-state index in [0.29, 0.717) is 9.79 Å². The molecule has 0 saturated heterocycles. The first-order valence-corrected chi connectivity index (χ1v) is 36.7. The molecule has 4 heteroatoms. The smallest absolute Gasteiger partial charge is 0.206 e. The first-order valence-electron chi connectivity index (χ1n) is 34.4. The molecule has 0 N–H and O–H groups in total. The zero-order chi connectivity index (χ0) is 67.3. The molecular weight excluding hydrogens is 1110 g/mol. The van der Waals surface area contributed by atoms with Crippen molar-refractivity contribution in [3.63, 3.8) is 0 Å². The molecule has 3 aliphatic carbocycles. The number of hydrogen-bond acceptors (Lipinski definition) is 3. The van der Waals surface area contributed by atoms with E-state index in [9.17, 15) is 8.42 Å². The van der Waals surface area contributed by atoms with Crippen LogP contribution in [0.3, 0.4) is 0 Å². The highest BCUT2D eigenvalue weighted by molar-refractivity contribution is 7.99. The molecule has 3 aliphatic rings. The van der Waals surface area contributed by atoms with Gasteiger partial charge >= 0.3 is 0 Å². The largest absolute Gasteiger partial charge is 0.219 e. The Balaban J connectivity index is -0.000000464. The second-order valence-electron chi connectivity index (χ2n) is 19.4. The van der Waals surface area contributed by atoms with Crippen LogP contribution in [0.25, 0.3) is 0 Å². The fraction of sp³-hybridized carbons (Fsp3) is 0.429. The van der Waals surface area contributed by atoms with Crippen molar-refractivity contribution in [2.75, 3.05) is 0 Å². The van der Waals surface area contributed by atoms with Crippen LogP contribution < -0.4 is 0 Å². The van der Waals surface area contributed by atoms with E-state index >= 15 is 0 Å². The van der Waals surface area contributed by atoms with Crippen molar-refractivity contribution in [1.82, 2.24) is 0 Å². The van der Waals surface area contributed by atoms with Gasteiger partial charge in [0.15, 0.2) is 0 Å². The molecule has 0 spiro atoms. The van der Waals surface area contributed by atoms with E-state index in [1.165, 1.54) is 68.6 Å². The molecule has 8 aromatic carbocycles. The molecule has 88 heavy (non-hydrogen) atoms. The van der Waals surface area contributed by atoms with Gasteiger partial charge in [0.05, 0.1) is 9.79 Å². The second kappa shape index (κ2) is 61.3. The van der Waals surface area contributed by atoms with Gasteiger partial charge in [-0.2, -0.15) is 0 Å². The Morgan fingerprint density at radius 1 is 0.341 bits per heavy atom. The summed E-state index contributed by atoms with van der Waals surface area (Å²) in [6.07, 6.45) is 13.1. The third-order valence-electron chi connectivity index (χ3n) is 13.3. The molecule has 3 saturated carbocycles. The number of sulfone groups is 1. The van der Waals surface area contributed by atoms with Crippen LogP contribution in [0.15, 0.2) is 262 Å². The molecule has 4 unspecified atom stereocenters. The molecule has 0 aliphatic heterocycles. The molecular formula is C84H128O2S2. The summed E-state index contributed by atoms with van der Waals surface area (Å²) >= 11 is 1.79. The maximum Gasteiger partial charge on any atom is 0.206 e.